The fourth-order valence-corrected chi connectivity index (χ4v) is 2.26. The Hall–Kier alpha value is -1.74. The van der Waals surface area contributed by atoms with E-state index in [1.54, 1.807) is 6.07 Å². The van der Waals surface area contributed by atoms with Crippen LogP contribution in [0.5, 0.6) is 5.75 Å². The summed E-state index contributed by atoms with van der Waals surface area (Å²) in [5.74, 6) is 0.240. The molecule has 3 nitrogen and oxygen atoms in total. The Morgan fingerprint density at radius 1 is 1.25 bits per heavy atom. The SMILES string of the molecule is Cc1nc(Cl)cc2c1[nH]c1c(O)cccc12. The van der Waals surface area contributed by atoms with E-state index in [9.17, 15) is 5.11 Å². The second-order valence-electron chi connectivity index (χ2n) is 3.78. The van der Waals surface area contributed by atoms with Gasteiger partial charge in [0.05, 0.1) is 16.7 Å². The zero-order chi connectivity index (χ0) is 11.3. The van der Waals surface area contributed by atoms with Crippen molar-refractivity contribution in [1.82, 2.24) is 9.97 Å². The number of aromatic amines is 1. The molecule has 0 unspecified atom stereocenters. The lowest BCUT2D eigenvalue weighted by Gasteiger charge is -1.96. The summed E-state index contributed by atoms with van der Waals surface area (Å²) in [5, 5.41) is 12.2. The van der Waals surface area contributed by atoms with Crippen molar-refractivity contribution in [3.63, 3.8) is 0 Å². The number of H-pyrrole nitrogens is 1. The first-order valence-corrected chi connectivity index (χ1v) is 5.31. The molecule has 2 N–H and O–H groups in total. The number of rotatable bonds is 0. The summed E-state index contributed by atoms with van der Waals surface area (Å²) in [7, 11) is 0. The number of aromatic nitrogens is 2. The smallest absolute Gasteiger partial charge is 0.139 e. The highest BCUT2D eigenvalue weighted by atomic mass is 35.5. The van der Waals surface area contributed by atoms with Gasteiger partial charge in [-0.2, -0.15) is 0 Å². The quantitative estimate of drug-likeness (QED) is 0.584. The highest BCUT2D eigenvalue weighted by molar-refractivity contribution is 6.30. The Balaban J connectivity index is 2.61. The molecule has 0 saturated heterocycles. The largest absolute Gasteiger partial charge is 0.506 e. The second-order valence-corrected chi connectivity index (χ2v) is 4.16. The topological polar surface area (TPSA) is 48.9 Å². The summed E-state index contributed by atoms with van der Waals surface area (Å²) in [5.41, 5.74) is 2.48. The number of nitrogens with one attached hydrogen (secondary N) is 1. The number of benzene rings is 1. The predicted octanol–water partition coefficient (Wildman–Crippen LogP) is 3.38. The minimum atomic E-state index is 0.240. The van der Waals surface area contributed by atoms with Crippen molar-refractivity contribution in [2.24, 2.45) is 0 Å². The van der Waals surface area contributed by atoms with Crippen molar-refractivity contribution in [2.75, 3.05) is 0 Å². The Morgan fingerprint density at radius 3 is 2.88 bits per heavy atom. The molecule has 0 radical (unpaired) electrons. The van der Waals surface area contributed by atoms with Gasteiger partial charge in [0.15, 0.2) is 0 Å². The van der Waals surface area contributed by atoms with Crippen LogP contribution in [0.25, 0.3) is 21.8 Å². The summed E-state index contributed by atoms with van der Waals surface area (Å²) in [6.45, 7) is 1.89. The second kappa shape index (κ2) is 3.12. The molecular weight excluding hydrogens is 224 g/mol. The number of fused-ring (bicyclic) bond motifs is 3. The summed E-state index contributed by atoms with van der Waals surface area (Å²) in [4.78, 5) is 7.35. The molecule has 0 aliphatic rings. The van der Waals surface area contributed by atoms with Crippen molar-refractivity contribution in [2.45, 2.75) is 6.92 Å². The van der Waals surface area contributed by atoms with Gasteiger partial charge in [-0.05, 0) is 19.1 Å². The van der Waals surface area contributed by atoms with E-state index in [2.05, 4.69) is 9.97 Å². The van der Waals surface area contributed by atoms with Crippen LogP contribution in [-0.4, -0.2) is 15.1 Å². The zero-order valence-corrected chi connectivity index (χ0v) is 9.34. The van der Waals surface area contributed by atoms with Crippen molar-refractivity contribution in [3.8, 4) is 5.75 Å². The van der Waals surface area contributed by atoms with Crippen LogP contribution in [0.1, 0.15) is 5.69 Å². The van der Waals surface area contributed by atoms with Crippen molar-refractivity contribution < 1.29 is 5.11 Å². The lowest BCUT2D eigenvalue weighted by atomic mass is 10.1. The van der Waals surface area contributed by atoms with E-state index in [1.165, 1.54) is 0 Å². The molecule has 4 heteroatoms. The maximum absolute atomic E-state index is 9.75. The van der Waals surface area contributed by atoms with Gasteiger partial charge in [0.25, 0.3) is 0 Å². The van der Waals surface area contributed by atoms with Gasteiger partial charge in [-0.3, -0.25) is 0 Å². The van der Waals surface area contributed by atoms with E-state index in [4.69, 9.17) is 11.6 Å². The van der Waals surface area contributed by atoms with Gasteiger partial charge in [-0.15, -0.1) is 0 Å². The van der Waals surface area contributed by atoms with E-state index < -0.39 is 0 Å². The summed E-state index contributed by atoms with van der Waals surface area (Å²) in [6.07, 6.45) is 0. The van der Waals surface area contributed by atoms with Crippen LogP contribution in [-0.2, 0) is 0 Å². The van der Waals surface area contributed by atoms with Crippen molar-refractivity contribution in [3.05, 3.63) is 35.1 Å². The monoisotopic (exact) mass is 232 g/mol. The van der Waals surface area contributed by atoms with Gasteiger partial charge < -0.3 is 10.1 Å². The molecule has 3 aromatic rings. The molecule has 3 rings (SSSR count). The van der Waals surface area contributed by atoms with E-state index in [0.29, 0.717) is 5.15 Å². The van der Waals surface area contributed by atoms with Gasteiger partial charge in [-0.1, -0.05) is 23.7 Å². The van der Waals surface area contributed by atoms with E-state index in [1.807, 2.05) is 25.1 Å². The highest BCUT2D eigenvalue weighted by Gasteiger charge is 2.10. The van der Waals surface area contributed by atoms with Gasteiger partial charge in [-0.25, -0.2) is 4.98 Å². The van der Waals surface area contributed by atoms with Gasteiger partial charge in [0.2, 0.25) is 0 Å². The van der Waals surface area contributed by atoms with Crippen LogP contribution in [0.4, 0.5) is 0 Å². The number of hydrogen-bond acceptors (Lipinski definition) is 2. The number of para-hydroxylation sites is 1. The Labute approximate surface area is 96.7 Å². The summed E-state index contributed by atoms with van der Waals surface area (Å²) in [6, 6.07) is 7.22. The average Bonchev–Trinajstić information content (AvgIpc) is 2.59. The number of aromatic hydroxyl groups is 1. The number of hydrogen-bond donors (Lipinski definition) is 2. The maximum atomic E-state index is 9.75. The highest BCUT2D eigenvalue weighted by Crippen LogP contribution is 2.32. The molecule has 16 heavy (non-hydrogen) atoms. The van der Waals surface area contributed by atoms with Crippen molar-refractivity contribution >= 4 is 33.4 Å². The number of nitrogens with zero attached hydrogens (tertiary/aromatic N) is 1. The average molecular weight is 233 g/mol. The fraction of sp³-hybridized carbons (Fsp3) is 0.0833. The number of pyridine rings is 1. The molecule has 0 aliphatic heterocycles. The van der Waals surface area contributed by atoms with E-state index in [0.717, 1.165) is 27.5 Å². The predicted molar refractivity (Wildman–Crippen MR) is 65.0 cm³/mol. The molecule has 0 spiro atoms. The lowest BCUT2D eigenvalue weighted by Crippen LogP contribution is -1.83. The minimum Gasteiger partial charge on any atom is -0.506 e. The summed E-state index contributed by atoms with van der Waals surface area (Å²) >= 11 is 5.93. The van der Waals surface area contributed by atoms with Gasteiger partial charge in [0.1, 0.15) is 10.9 Å². The molecule has 1 aromatic carbocycles. The third-order valence-electron chi connectivity index (χ3n) is 2.75. The normalized spacial score (nSPS) is 11.4. The lowest BCUT2D eigenvalue weighted by molar-refractivity contribution is 0.480. The van der Waals surface area contributed by atoms with Crippen LogP contribution in [0.2, 0.25) is 5.15 Å². The number of aryl methyl sites for hydroxylation is 1. The Kier molecular flexibility index (Phi) is 1.85. The first kappa shape index (κ1) is 9.48. The Bertz CT molecular complexity index is 703. The standard InChI is InChI=1S/C12H9ClN2O/c1-6-11-8(5-10(13)14-6)7-3-2-4-9(16)12(7)15-11/h2-5,15-16H,1H3. The summed E-state index contributed by atoms with van der Waals surface area (Å²) < 4.78 is 0. The molecule has 2 aromatic heterocycles. The molecule has 0 aliphatic carbocycles. The molecule has 0 amide bonds. The van der Waals surface area contributed by atoms with Gasteiger partial charge >= 0.3 is 0 Å². The van der Waals surface area contributed by atoms with Crippen LogP contribution >= 0.6 is 11.6 Å². The maximum Gasteiger partial charge on any atom is 0.139 e. The number of halogens is 1. The van der Waals surface area contributed by atoms with Gasteiger partial charge in [0, 0.05) is 10.8 Å². The molecular formula is C12H9ClN2O. The van der Waals surface area contributed by atoms with E-state index in [-0.39, 0.29) is 5.75 Å². The molecule has 2 heterocycles. The third kappa shape index (κ3) is 1.18. The molecule has 0 fully saturated rings. The fourth-order valence-electron chi connectivity index (χ4n) is 2.03. The van der Waals surface area contributed by atoms with Crippen LogP contribution < -0.4 is 0 Å². The van der Waals surface area contributed by atoms with E-state index >= 15 is 0 Å². The molecule has 0 atom stereocenters. The first-order chi connectivity index (χ1) is 7.66. The third-order valence-corrected chi connectivity index (χ3v) is 2.95. The molecule has 80 valence electrons. The van der Waals surface area contributed by atoms with Crippen LogP contribution in [0.3, 0.4) is 0 Å². The minimum absolute atomic E-state index is 0.240. The van der Waals surface area contributed by atoms with Crippen LogP contribution in [0.15, 0.2) is 24.3 Å². The molecule has 0 bridgehead atoms. The zero-order valence-electron chi connectivity index (χ0n) is 8.58. The number of phenols is 1. The van der Waals surface area contributed by atoms with Crippen LogP contribution in [0, 0.1) is 6.92 Å². The molecule has 0 saturated carbocycles. The van der Waals surface area contributed by atoms with Crippen molar-refractivity contribution in [1.29, 1.82) is 0 Å². The first-order valence-electron chi connectivity index (χ1n) is 4.93. The Morgan fingerprint density at radius 2 is 2.06 bits per heavy atom. The number of phenolic OH excluding ortho intramolecular Hbond substituents is 1.